The number of nitrogens with zero attached hydrogens (tertiary/aromatic N) is 1. The lowest BCUT2D eigenvalue weighted by Gasteiger charge is -2.32. The van der Waals surface area contributed by atoms with E-state index in [1.165, 1.54) is 18.5 Å². The Balaban J connectivity index is 1.53. The van der Waals surface area contributed by atoms with Crippen molar-refractivity contribution in [3.05, 3.63) is 59.7 Å². The van der Waals surface area contributed by atoms with Gasteiger partial charge in [-0.3, -0.25) is 4.79 Å². The van der Waals surface area contributed by atoms with E-state index in [1.807, 2.05) is 25.1 Å². The molecule has 1 aliphatic heterocycles. The molecule has 30 heavy (non-hydrogen) atoms. The molecule has 1 N–H and O–H groups in total. The summed E-state index contributed by atoms with van der Waals surface area (Å²) in [7, 11) is 0. The van der Waals surface area contributed by atoms with Crippen molar-refractivity contribution >= 4 is 11.6 Å². The third-order valence-electron chi connectivity index (χ3n) is 5.97. The lowest BCUT2D eigenvalue weighted by molar-refractivity contribution is -0.123. The van der Waals surface area contributed by atoms with Crippen LogP contribution in [0, 0.1) is 5.92 Å². The van der Waals surface area contributed by atoms with Crippen molar-refractivity contribution in [3.8, 4) is 5.75 Å². The third-order valence-corrected chi connectivity index (χ3v) is 5.97. The van der Waals surface area contributed by atoms with Crippen LogP contribution in [0.1, 0.15) is 64.6 Å². The molecular formula is C26H36N2O2. The van der Waals surface area contributed by atoms with Gasteiger partial charge in [0.1, 0.15) is 5.75 Å². The second-order valence-corrected chi connectivity index (χ2v) is 9.59. The zero-order chi connectivity index (χ0) is 21.7. The zero-order valence-corrected chi connectivity index (χ0v) is 19.1. The number of para-hydroxylation sites is 1. The van der Waals surface area contributed by atoms with E-state index in [0.717, 1.165) is 35.9 Å². The molecule has 1 amide bonds. The summed E-state index contributed by atoms with van der Waals surface area (Å²) in [6, 6.07) is 16.4. The molecule has 0 saturated carbocycles. The highest BCUT2D eigenvalue weighted by molar-refractivity contribution is 5.78. The van der Waals surface area contributed by atoms with Gasteiger partial charge in [-0.05, 0) is 60.4 Å². The smallest absolute Gasteiger partial charge is 0.258 e. The fourth-order valence-electron chi connectivity index (χ4n) is 3.96. The molecule has 162 valence electrons. The molecule has 0 spiro atoms. The standard InChI is InChI=1S/C26H36N2O2/c1-19-14-16-28(17-15-19)22-12-10-21(11-13-22)20(2)27-25(29)18-30-24-9-7-6-8-23(24)26(3,4)5/h6-13,19-20H,14-18H2,1-5H3,(H,27,29)/t20-/m1/s1. The molecule has 2 aromatic rings. The third kappa shape index (κ3) is 5.78. The van der Waals surface area contributed by atoms with Crippen LogP contribution in [0.4, 0.5) is 5.69 Å². The molecule has 0 unspecified atom stereocenters. The molecule has 0 aromatic heterocycles. The summed E-state index contributed by atoms with van der Waals surface area (Å²) in [5, 5.41) is 3.05. The van der Waals surface area contributed by atoms with Crippen LogP contribution in [-0.2, 0) is 10.2 Å². The molecule has 0 bridgehead atoms. The van der Waals surface area contributed by atoms with Crippen LogP contribution in [-0.4, -0.2) is 25.6 Å². The van der Waals surface area contributed by atoms with Crippen molar-refractivity contribution in [1.82, 2.24) is 5.32 Å². The molecule has 4 heteroatoms. The highest BCUT2D eigenvalue weighted by atomic mass is 16.5. The maximum atomic E-state index is 12.5. The Morgan fingerprint density at radius 2 is 1.73 bits per heavy atom. The number of nitrogens with one attached hydrogen (secondary N) is 1. The van der Waals surface area contributed by atoms with E-state index >= 15 is 0 Å². The topological polar surface area (TPSA) is 41.6 Å². The Bertz CT molecular complexity index is 831. The molecule has 1 aliphatic rings. The number of ether oxygens (including phenoxy) is 1. The van der Waals surface area contributed by atoms with Gasteiger partial charge in [-0.25, -0.2) is 0 Å². The van der Waals surface area contributed by atoms with E-state index in [-0.39, 0.29) is 24.0 Å². The first-order chi connectivity index (χ1) is 14.2. The summed E-state index contributed by atoms with van der Waals surface area (Å²) in [6.45, 7) is 13.0. The number of hydrogen-bond acceptors (Lipinski definition) is 3. The van der Waals surface area contributed by atoms with E-state index in [9.17, 15) is 4.79 Å². The molecule has 1 saturated heterocycles. The van der Waals surface area contributed by atoms with Crippen LogP contribution in [0.3, 0.4) is 0 Å². The Kier molecular flexibility index (Phi) is 7.06. The number of rotatable bonds is 6. The van der Waals surface area contributed by atoms with E-state index < -0.39 is 0 Å². The van der Waals surface area contributed by atoms with Gasteiger partial charge in [0, 0.05) is 18.8 Å². The number of piperidine rings is 1. The SMILES string of the molecule is CC1CCN(c2ccc([C@@H](C)NC(=O)COc3ccccc3C(C)(C)C)cc2)CC1. The van der Waals surface area contributed by atoms with Crippen LogP contribution >= 0.6 is 0 Å². The number of benzene rings is 2. The first-order valence-electron chi connectivity index (χ1n) is 11.1. The monoisotopic (exact) mass is 408 g/mol. The summed E-state index contributed by atoms with van der Waals surface area (Å²) < 4.78 is 5.85. The minimum atomic E-state index is -0.111. The van der Waals surface area contributed by atoms with Gasteiger partial charge in [0.25, 0.3) is 5.91 Å². The molecule has 1 heterocycles. The molecular weight excluding hydrogens is 372 g/mol. The summed E-state index contributed by atoms with van der Waals surface area (Å²) in [6.07, 6.45) is 2.51. The lowest BCUT2D eigenvalue weighted by atomic mass is 9.86. The van der Waals surface area contributed by atoms with Gasteiger partial charge in [-0.15, -0.1) is 0 Å². The Morgan fingerprint density at radius 3 is 2.37 bits per heavy atom. The van der Waals surface area contributed by atoms with E-state index in [2.05, 4.69) is 68.2 Å². The van der Waals surface area contributed by atoms with Crippen molar-refractivity contribution in [3.63, 3.8) is 0 Å². The van der Waals surface area contributed by atoms with Crippen molar-refractivity contribution in [1.29, 1.82) is 0 Å². The number of hydrogen-bond donors (Lipinski definition) is 1. The van der Waals surface area contributed by atoms with E-state index in [4.69, 9.17) is 4.74 Å². The second kappa shape index (κ2) is 9.55. The van der Waals surface area contributed by atoms with E-state index in [0.29, 0.717) is 0 Å². The van der Waals surface area contributed by atoms with Gasteiger partial charge in [0.2, 0.25) is 0 Å². The molecule has 1 atom stereocenters. The second-order valence-electron chi connectivity index (χ2n) is 9.59. The molecule has 0 radical (unpaired) electrons. The predicted molar refractivity (Wildman–Crippen MR) is 124 cm³/mol. The van der Waals surface area contributed by atoms with Crippen molar-refractivity contribution in [2.24, 2.45) is 5.92 Å². The van der Waals surface area contributed by atoms with Gasteiger partial charge in [-0.2, -0.15) is 0 Å². The number of carbonyl (C=O) groups is 1. The van der Waals surface area contributed by atoms with Crippen LogP contribution in [0.5, 0.6) is 5.75 Å². The quantitative estimate of drug-likeness (QED) is 0.688. The Hall–Kier alpha value is -2.49. The predicted octanol–water partition coefficient (Wildman–Crippen LogP) is 5.48. The lowest BCUT2D eigenvalue weighted by Crippen LogP contribution is -2.33. The zero-order valence-electron chi connectivity index (χ0n) is 19.1. The van der Waals surface area contributed by atoms with Crippen molar-refractivity contribution in [2.75, 3.05) is 24.6 Å². The summed E-state index contributed by atoms with van der Waals surface area (Å²) in [4.78, 5) is 14.9. The van der Waals surface area contributed by atoms with E-state index in [1.54, 1.807) is 0 Å². The fraction of sp³-hybridized carbons (Fsp3) is 0.500. The number of amides is 1. The Morgan fingerprint density at radius 1 is 1.10 bits per heavy atom. The fourth-order valence-corrected chi connectivity index (χ4v) is 3.96. The van der Waals surface area contributed by atoms with Gasteiger partial charge in [0.15, 0.2) is 6.61 Å². The maximum Gasteiger partial charge on any atom is 0.258 e. The normalized spacial score (nSPS) is 16.2. The van der Waals surface area contributed by atoms with Crippen LogP contribution < -0.4 is 15.0 Å². The van der Waals surface area contributed by atoms with Gasteiger partial charge >= 0.3 is 0 Å². The largest absolute Gasteiger partial charge is 0.483 e. The Labute approximate surface area is 181 Å². The summed E-state index contributed by atoms with van der Waals surface area (Å²) >= 11 is 0. The number of carbonyl (C=O) groups excluding carboxylic acids is 1. The van der Waals surface area contributed by atoms with Gasteiger partial charge in [0.05, 0.1) is 6.04 Å². The maximum absolute atomic E-state index is 12.5. The van der Waals surface area contributed by atoms with Crippen LogP contribution in [0.15, 0.2) is 48.5 Å². The molecule has 2 aromatic carbocycles. The molecule has 0 aliphatic carbocycles. The van der Waals surface area contributed by atoms with Crippen molar-refractivity contribution in [2.45, 2.75) is 58.9 Å². The highest BCUT2D eigenvalue weighted by Crippen LogP contribution is 2.31. The minimum absolute atomic E-state index is 0.0154. The first-order valence-corrected chi connectivity index (χ1v) is 11.1. The first kappa shape index (κ1) is 22.2. The minimum Gasteiger partial charge on any atom is -0.483 e. The van der Waals surface area contributed by atoms with Gasteiger partial charge in [-0.1, -0.05) is 58.0 Å². The summed E-state index contributed by atoms with van der Waals surface area (Å²) in [5.74, 6) is 1.49. The highest BCUT2D eigenvalue weighted by Gasteiger charge is 2.20. The molecule has 3 rings (SSSR count). The van der Waals surface area contributed by atoms with Crippen LogP contribution in [0.25, 0.3) is 0 Å². The summed E-state index contributed by atoms with van der Waals surface area (Å²) in [5.41, 5.74) is 3.45. The average molecular weight is 409 g/mol. The molecule has 1 fully saturated rings. The van der Waals surface area contributed by atoms with Crippen molar-refractivity contribution < 1.29 is 9.53 Å². The number of anilines is 1. The average Bonchev–Trinajstić information content (AvgIpc) is 2.72. The van der Waals surface area contributed by atoms with Crippen LogP contribution in [0.2, 0.25) is 0 Å². The van der Waals surface area contributed by atoms with Gasteiger partial charge < -0.3 is 15.0 Å². The molecule has 4 nitrogen and oxygen atoms in total.